The first-order chi connectivity index (χ1) is 13.1. The molecule has 154 valence electrons. The summed E-state index contributed by atoms with van der Waals surface area (Å²) in [5.74, 6) is 0.412. The maximum Gasteiger partial charge on any atom is 0.434 e. The number of hydrogen-bond acceptors (Lipinski definition) is 3. The Labute approximate surface area is 161 Å². The Morgan fingerprint density at radius 2 is 1.71 bits per heavy atom. The highest BCUT2D eigenvalue weighted by atomic mass is 32.1. The average Bonchev–Trinajstić information content (AvgIpc) is 3.08. The van der Waals surface area contributed by atoms with Crippen LogP contribution in [-0.4, -0.2) is 24.0 Å². The summed E-state index contributed by atoms with van der Waals surface area (Å²) >= 11 is 0.932. The van der Waals surface area contributed by atoms with Gasteiger partial charge >= 0.3 is 12.4 Å². The van der Waals surface area contributed by atoms with Crippen LogP contribution in [0.2, 0.25) is 0 Å². The van der Waals surface area contributed by atoms with Crippen LogP contribution in [0.3, 0.4) is 0 Å². The van der Waals surface area contributed by atoms with Crippen LogP contribution in [0.4, 0.5) is 26.3 Å². The van der Waals surface area contributed by atoms with Gasteiger partial charge in [-0.3, -0.25) is 0 Å². The minimum atomic E-state index is -4.46. The highest BCUT2D eigenvalue weighted by molar-refractivity contribution is 7.09. The van der Waals surface area contributed by atoms with E-state index in [1.54, 1.807) is 0 Å². The van der Waals surface area contributed by atoms with E-state index in [4.69, 9.17) is 0 Å². The molecule has 0 spiro atoms. The first kappa shape index (κ1) is 22.0. The number of aromatic nitrogens is 1. The fraction of sp³-hybridized carbons (Fsp3) is 0.412. The Kier molecular flexibility index (Phi) is 7.28. The number of guanidine groups is 1. The third-order valence-electron chi connectivity index (χ3n) is 3.52. The quantitative estimate of drug-likeness (QED) is 0.409. The van der Waals surface area contributed by atoms with Crippen LogP contribution >= 0.6 is 11.3 Å². The minimum Gasteiger partial charge on any atom is -0.357 e. The first-order valence-electron chi connectivity index (χ1n) is 8.29. The van der Waals surface area contributed by atoms with Crippen molar-refractivity contribution in [1.82, 2.24) is 15.6 Å². The second-order valence-corrected chi connectivity index (χ2v) is 6.63. The molecule has 0 aliphatic carbocycles. The van der Waals surface area contributed by atoms with Crippen molar-refractivity contribution >= 4 is 17.3 Å². The van der Waals surface area contributed by atoms with E-state index in [1.165, 1.54) is 12.1 Å². The fourth-order valence-electron chi connectivity index (χ4n) is 2.15. The molecule has 28 heavy (non-hydrogen) atoms. The Bertz CT molecular complexity index is 780. The van der Waals surface area contributed by atoms with Crippen LogP contribution in [0.1, 0.15) is 28.8 Å². The molecular formula is C17H18F6N4S. The van der Waals surface area contributed by atoms with Crippen LogP contribution in [0.25, 0.3) is 0 Å². The number of benzene rings is 1. The smallest absolute Gasteiger partial charge is 0.357 e. The Hall–Kier alpha value is -2.30. The molecule has 0 amide bonds. The van der Waals surface area contributed by atoms with Gasteiger partial charge < -0.3 is 10.6 Å². The highest BCUT2D eigenvalue weighted by Gasteiger charge is 2.33. The van der Waals surface area contributed by atoms with E-state index in [0.717, 1.165) is 28.8 Å². The summed E-state index contributed by atoms with van der Waals surface area (Å²) in [5, 5.41) is 7.25. The van der Waals surface area contributed by atoms with E-state index < -0.39 is 23.6 Å². The van der Waals surface area contributed by atoms with Gasteiger partial charge in [-0.2, -0.15) is 26.3 Å². The van der Waals surface area contributed by atoms with Gasteiger partial charge in [-0.1, -0.05) is 12.1 Å². The van der Waals surface area contributed by atoms with Gasteiger partial charge in [0.15, 0.2) is 11.7 Å². The summed E-state index contributed by atoms with van der Waals surface area (Å²) in [5.41, 5.74) is -1.04. The predicted molar refractivity (Wildman–Crippen MR) is 95.1 cm³/mol. The summed E-state index contributed by atoms with van der Waals surface area (Å²) in [6.07, 6.45) is -8.56. The van der Waals surface area contributed by atoms with Crippen LogP contribution < -0.4 is 10.6 Å². The largest absolute Gasteiger partial charge is 0.434 e. The zero-order chi connectivity index (χ0) is 20.8. The van der Waals surface area contributed by atoms with E-state index in [1.807, 2.05) is 6.92 Å². The predicted octanol–water partition coefficient (Wildman–Crippen LogP) is 4.48. The van der Waals surface area contributed by atoms with E-state index in [0.29, 0.717) is 29.6 Å². The first-order valence-corrected chi connectivity index (χ1v) is 9.17. The molecule has 0 saturated heterocycles. The number of hydrogen-bond donors (Lipinski definition) is 2. The molecule has 11 heteroatoms. The molecule has 0 atom stereocenters. The lowest BCUT2D eigenvalue weighted by atomic mass is 10.1. The van der Waals surface area contributed by atoms with Gasteiger partial charge in [0.1, 0.15) is 0 Å². The van der Waals surface area contributed by atoms with Crippen LogP contribution in [0.15, 0.2) is 34.6 Å². The van der Waals surface area contributed by atoms with Gasteiger partial charge in [0.05, 0.1) is 17.1 Å². The van der Waals surface area contributed by atoms with Crippen molar-refractivity contribution in [2.75, 3.05) is 13.1 Å². The monoisotopic (exact) mass is 424 g/mol. The van der Waals surface area contributed by atoms with E-state index in [2.05, 4.69) is 20.6 Å². The number of halogens is 6. The molecule has 4 nitrogen and oxygen atoms in total. The second-order valence-electron chi connectivity index (χ2n) is 5.69. The highest BCUT2D eigenvalue weighted by Crippen LogP contribution is 2.30. The van der Waals surface area contributed by atoms with Crippen molar-refractivity contribution in [2.45, 2.75) is 32.2 Å². The van der Waals surface area contributed by atoms with Gasteiger partial charge in [-0.05, 0) is 24.6 Å². The maximum absolute atomic E-state index is 12.6. The topological polar surface area (TPSA) is 49.3 Å². The number of thiazole rings is 1. The molecule has 2 N–H and O–H groups in total. The van der Waals surface area contributed by atoms with Crippen LogP contribution in [-0.2, 0) is 25.3 Å². The Balaban J connectivity index is 1.90. The molecule has 1 heterocycles. The zero-order valence-electron chi connectivity index (χ0n) is 14.8. The van der Waals surface area contributed by atoms with Gasteiger partial charge in [0.25, 0.3) is 0 Å². The Morgan fingerprint density at radius 1 is 1.04 bits per heavy atom. The molecule has 0 radical (unpaired) electrons. The van der Waals surface area contributed by atoms with Crippen LogP contribution in [0.5, 0.6) is 0 Å². The van der Waals surface area contributed by atoms with Crippen molar-refractivity contribution < 1.29 is 26.3 Å². The third kappa shape index (κ3) is 6.70. The number of alkyl halides is 6. The number of nitrogens with one attached hydrogen (secondary N) is 2. The molecule has 1 aromatic heterocycles. The zero-order valence-corrected chi connectivity index (χ0v) is 15.6. The molecular weight excluding hydrogens is 406 g/mol. The molecule has 2 aromatic rings. The van der Waals surface area contributed by atoms with Crippen LogP contribution in [0, 0.1) is 0 Å². The maximum atomic E-state index is 12.6. The van der Waals surface area contributed by atoms with Gasteiger partial charge in [-0.15, -0.1) is 11.3 Å². The standard InChI is InChI=1S/C17H18F6N4S/c1-2-24-15(25-8-7-14-27-13(10-28-14)17(21,22)23)26-9-11-3-5-12(6-4-11)16(18,19)20/h3-6,10H,2,7-9H2,1H3,(H2,24,25,26). The lowest BCUT2D eigenvalue weighted by Gasteiger charge is -2.11. The lowest BCUT2D eigenvalue weighted by Crippen LogP contribution is -2.38. The van der Waals surface area contributed by atoms with E-state index in [9.17, 15) is 26.3 Å². The molecule has 0 fully saturated rings. The fourth-order valence-corrected chi connectivity index (χ4v) is 2.96. The molecule has 0 unspecified atom stereocenters. The Morgan fingerprint density at radius 3 is 2.25 bits per heavy atom. The number of aliphatic imine (C=N–C) groups is 1. The van der Waals surface area contributed by atoms with Crippen molar-refractivity contribution in [1.29, 1.82) is 0 Å². The number of rotatable bonds is 6. The molecule has 2 rings (SSSR count). The molecule has 0 saturated carbocycles. The van der Waals surface area contributed by atoms with Gasteiger partial charge in [0, 0.05) is 24.9 Å². The normalized spacial score (nSPS) is 12.9. The molecule has 0 aliphatic heterocycles. The SMILES string of the molecule is CCNC(=NCc1ccc(C(F)(F)F)cc1)NCCc1nc(C(F)(F)F)cs1. The van der Waals surface area contributed by atoms with Crippen molar-refractivity contribution in [3.8, 4) is 0 Å². The van der Waals surface area contributed by atoms with E-state index >= 15 is 0 Å². The minimum absolute atomic E-state index is 0.156. The second kappa shape index (κ2) is 9.26. The lowest BCUT2D eigenvalue weighted by molar-refractivity contribution is -0.141. The molecule has 1 aromatic carbocycles. The molecule has 0 aliphatic rings. The van der Waals surface area contributed by atoms with Gasteiger partial charge in [-0.25, -0.2) is 9.98 Å². The summed E-state index contributed by atoms with van der Waals surface area (Å²) in [6.45, 7) is 2.85. The molecule has 0 bridgehead atoms. The average molecular weight is 424 g/mol. The third-order valence-corrected chi connectivity index (χ3v) is 4.43. The van der Waals surface area contributed by atoms with Crippen molar-refractivity contribution in [2.24, 2.45) is 4.99 Å². The van der Waals surface area contributed by atoms with Crippen molar-refractivity contribution in [3.05, 3.63) is 51.5 Å². The number of nitrogens with zero attached hydrogens (tertiary/aromatic N) is 2. The summed E-state index contributed by atoms with van der Waals surface area (Å²) in [7, 11) is 0. The van der Waals surface area contributed by atoms with Crippen molar-refractivity contribution in [3.63, 3.8) is 0 Å². The van der Waals surface area contributed by atoms with E-state index in [-0.39, 0.29) is 13.0 Å². The van der Waals surface area contributed by atoms with Gasteiger partial charge in [0.2, 0.25) is 0 Å². The summed E-state index contributed by atoms with van der Waals surface area (Å²) in [6, 6.07) is 4.69. The summed E-state index contributed by atoms with van der Waals surface area (Å²) < 4.78 is 75.3. The summed E-state index contributed by atoms with van der Waals surface area (Å²) in [4.78, 5) is 7.81.